The van der Waals surface area contributed by atoms with Gasteiger partial charge >= 0.3 is 6.03 Å². The normalized spacial score (nSPS) is 25.3. The second-order valence-corrected chi connectivity index (χ2v) is 2.13. The molecule has 4 heteroatoms. The van der Waals surface area contributed by atoms with Crippen molar-refractivity contribution < 1.29 is 9.53 Å². The van der Waals surface area contributed by atoms with E-state index in [2.05, 4.69) is 10.6 Å². The monoisotopic (exact) mass is 144 g/mol. The summed E-state index contributed by atoms with van der Waals surface area (Å²) in [4.78, 5) is 10.6. The zero-order valence-electron chi connectivity index (χ0n) is 6.02. The lowest BCUT2D eigenvalue weighted by Crippen LogP contribution is -2.50. The first-order valence-corrected chi connectivity index (χ1v) is 3.49. The molecule has 0 aliphatic carbocycles. The third-order valence-corrected chi connectivity index (χ3v) is 1.35. The maximum absolute atomic E-state index is 10.6. The SMILES string of the molecule is CCOC1CCNC(=O)N1. The molecule has 0 aromatic rings. The molecule has 1 saturated heterocycles. The predicted octanol–water partition coefficient (Wildman–Crippen LogP) is 0.0519. The minimum atomic E-state index is -0.135. The Morgan fingerprint density at radius 2 is 2.60 bits per heavy atom. The summed E-state index contributed by atoms with van der Waals surface area (Å²) in [6.07, 6.45) is 0.762. The molecule has 4 nitrogen and oxygen atoms in total. The molecule has 0 radical (unpaired) electrons. The van der Waals surface area contributed by atoms with Gasteiger partial charge in [-0.3, -0.25) is 0 Å². The fourth-order valence-corrected chi connectivity index (χ4v) is 0.912. The van der Waals surface area contributed by atoms with Crippen molar-refractivity contribution in [3.05, 3.63) is 0 Å². The van der Waals surface area contributed by atoms with Crippen molar-refractivity contribution in [1.82, 2.24) is 10.6 Å². The molecule has 1 atom stereocenters. The van der Waals surface area contributed by atoms with Crippen LogP contribution >= 0.6 is 0 Å². The summed E-state index contributed by atoms with van der Waals surface area (Å²) in [6, 6.07) is -0.135. The fourth-order valence-electron chi connectivity index (χ4n) is 0.912. The van der Waals surface area contributed by atoms with Gasteiger partial charge in [0.1, 0.15) is 6.23 Å². The lowest BCUT2D eigenvalue weighted by atomic mass is 10.3. The van der Waals surface area contributed by atoms with Gasteiger partial charge in [-0.15, -0.1) is 0 Å². The van der Waals surface area contributed by atoms with Gasteiger partial charge in [0.15, 0.2) is 0 Å². The highest BCUT2D eigenvalue weighted by Gasteiger charge is 2.16. The van der Waals surface area contributed by atoms with E-state index < -0.39 is 0 Å². The van der Waals surface area contributed by atoms with E-state index in [0.29, 0.717) is 13.2 Å². The van der Waals surface area contributed by atoms with Crippen LogP contribution in [0, 0.1) is 0 Å². The quantitative estimate of drug-likeness (QED) is 0.575. The smallest absolute Gasteiger partial charge is 0.316 e. The molecule has 1 aliphatic heterocycles. The van der Waals surface area contributed by atoms with E-state index in [1.165, 1.54) is 0 Å². The lowest BCUT2D eigenvalue weighted by Gasteiger charge is -2.23. The molecular formula is C6H12N2O2. The maximum atomic E-state index is 10.6. The Bertz CT molecular complexity index is 125. The number of rotatable bonds is 2. The maximum Gasteiger partial charge on any atom is 0.316 e. The molecule has 0 aromatic heterocycles. The van der Waals surface area contributed by atoms with Crippen LogP contribution in [-0.4, -0.2) is 25.4 Å². The summed E-state index contributed by atoms with van der Waals surface area (Å²) in [5.41, 5.74) is 0. The number of amides is 2. The first-order chi connectivity index (χ1) is 4.83. The molecule has 58 valence electrons. The van der Waals surface area contributed by atoms with Crippen LogP contribution in [0.2, 0.25) is 0 Å². The highest BCUT2D eigenvalue weighted by molar-refractivity contribution is 5.74. The van der Waals surface area contributed by atoms with E-state index in [4.69, 9.17) is 4.74 Å². The summed E-state index contributed by atoms with van der Waals surface area (Å²) in [7, 11) is 0. The van der Waals surface area contributed by atoms with Gasteiger partial charge in [0, 0.05) is 19.6 Å². The third kappa shape index (κ3) is 1.88. The van der Waals surface area contributed by atoms with Crippen molar-refractivity contribution >= 4 is 6.03 Å². The molecule has 1 rings (SSSR count). The van der Waals surface area contributed by atoms with Crippen LogP contribution in [0.4, 0.5) is 4.79 Å². The molecule has 0 spiro atoms. The van der Waals surface area contributed by atoms with E-state index in [1.807, 2.05) is 6.92 Å². The number of hydrogen-bond donors (Lipinski definition) is 2. The highest BCUT2D eigenvalue weighted by atomic mass is 16.5. The van der Waals surface area contributed by atoms with Gasteiger partial charge in [-0.2, -0.15) is 0 Å². The molecule has 10 heavy (non-hydrogen) atoms. The Morgan fingerprint density at radius 3 is 3.20 bits per heavy atom. The Labute approximate surface area is 59.9 Å². The van der Waals surface area contributed by atoms with Gasteiger partial charge in [0.25, 0.3) is 0 Å². The number of urea groups is 1. The van der Waals surface area contributed by atoms with Gasteiger partial charge in [-0.1, -0.05) is 0 Å². The van der Waals surface area contributed by atoms with Gasteiger partial charge in [-0.05, 0) is 6.92 Å². The van der Waals surface area contributed by atoms with Crippen LogP contribution in [0.3, 0.4) is 0 Å². The van der Waals surface area contributed by atoms with Crippen LogP contribution in [-0.2, 0) is 4.74 Å². The summed E-state index contributed by atoms with van der Waals surface area (Å²) >= 11 is 0. The molecular weight excluding hydrogens is 132 g/mol. The fraction of sp³-hybridized carbons (Fsp3) is 0.833. The Morgan fingerprint density at radius 1 is 1.80 bits per heavy atom. The van der Waals surface area contributed by atoms with Gasteiger partial charge in [0.05, 0.1) is 0 Å². The highest BCUT2D eigenvalue weighted by Crippen LogP contribution is 1.96. The minimum absolute atomic E-state index is 0.0845. The largest absolute Gasteiger partial charge is 0.359 e. The Kier molecular flexibility index (Phi) is 2.50. The first kappa shape index (κ1) is 7.34. The van der Waals surface area contributed by atoms with E-state index in [-0.39, 0.29) is 12.3 Å². The second-order valence-electron chi connectivity index (χ2n) is 2.13. The van der Waals surface area contributed by atoms with Crippen molar-refractivity contribution in [2.75, 3.05) is 13.2 Å². The molecule has 1 fully saturated rings. The van der Waals surface area contributed by atoms with E-state index in [0.717, 1.165) is 6.42 Å². The standard InChI is InChI=1S/C6H12N2O2/c1-2-10-5-3-4-7-6(9)8-5/h5H,2-4H2,1H3,(H2,7,8,9). The van der Waals surface area contributed by atoms with Crippen LogP contribution in [0.5, 0.6) is 0 Å². The van der Waals surface area contributed by atoms with Crippen LogP contribution in [0.25, 0.3) is 0 Å². The van der Waals surface area contributed by atoms with E-state index >= 15 is 0 Å². The zero-order chi connectivity index (χ0) is 7.40. The number of carbonyl (C=O) groups is 1. The second kappa shape index (κ2) is 3.41. The molecule has 2 amide bonds. The molecule has 1 unspecified atom stereocenters. The van der Waals surface area contributed by atoms with Crippen LogP contribution < -0.4 is 10.6 Å². The number of ether oxygens (including phenoxy) is 1. The number of carbonyl (C=O) groups excluding carboxylic acids is 1. The van der Waals surface area contributed by atoms with Gasteiger partial charge < -0.3 is 15.4 Å². The summed E-state index contributed by atoms with van der Waals surface area (Å²) in [5.74, 6) is 0. The zero-order valence-corrected chi connectivity index (χ0v) is 6.02. The molecule has 0 bridgehead atoms. The third-order valence-electron chi connectivity index (χ3n) is 1.35. The van der Waals surface area contributed by atoms with Crippen molar-refractivity contribution in [2.45, 2.75) is 19.6 Å². The van der Waals surface area contributed by atoms with Crippen molar-refractivity contribution in [3.63, 3.8) is 0 Å². The molecule has 0 saturated carbocycles. The molecule has 2 N–H and O–H groups in total. The number of nitrogens with one attached hydrogen (secondary N) is 2. The van der Waals surface area contributed by atoms with Crippen LogP contribution in [0.15, 0.2) is 0 Å². The number of hydrogen-bond acceptors (Lipinski definition) is 2. The van der Waals surface area contributed by atoms with Crippen molar-refractivity contribution in [2.24, 2.45) is 0 Å². The Hall–Kier alpha value is -0.770. The molecule has 0 aromatic carbocycles. The summed E-state index contributed by atoms with van der Waals surface area (Å²) in [5, 5.41) is 5.29. The topological polar surface area (TPSA) is 50.4 Å². The average molecular weight is 144 g/mol. The summed E-state index contributed by atoms with van der Waals surface area (Å²) < 4.78 is 5.18. The average Bonchev–Trinajstić information content (AvgIpc) is 1.88. The van der Waals surface area contributed by atoms with E-state index in [9.17, 15) is 4.79 Å². The predicted molar refractivity (Wildman–Crippen MR) is 36.6 cm³/mol. The van der Waals surface area contributed by atoms with E-state index in [1.54, 1.807) is 0 Å². The van der Waals surface area contributed by atoms with Crippen molar-refractivity contribution in [3.8, 4) is 0 Å². The lowest BCUT2D eigenvalue weighted by molar-refractivity contribution is 0.0333. The van der Waals surface area contributed by atoms with Gasteiger partial charge in [-0.25, -0.2) is 4.79 Å². The minimum Gasteiger partial charge on any atom is -0.359 e. The Balaban J connectivity index is 2.25. The molecule has 1 aliphatic rings. The van der Waals surface area contributed by atoms with Crippen LogP contribution in [0.1, 0.15) is 13.3 Å². The molecule has 1 heterocycles. The van der Waals surface area contributed by atoms with Gasteiger partial charge in [0.2, 0.25) is 0 Å². The summed E-state index contributed by atoms with van der Waals surface area (Å²) in [6.45, 7) is 3.26. The first-order valence-electron chi connectivity index (χ1n) is 3.49. The van der Waals surface area contributed by atoms with Crippen molar-refractivity contribution in [1.29, 1.82) is 0 Å².